The second kappa shape index (κ2) is 7.29. The third kappa shape index (κ3) is 4.77. The summed E-state index contributed by atoms with van der Waals surface area (Å²) < 4.78 is 43.4. The van der Waals surface area contributed by atoms with Gasteiger partial charge in [-0.2, -0.15) is 13.2 Å². The Labute approximate surface area is 141 Å². The quantitative estimate of drug-likeness (QED) is 0.806. The molecule has 1 amide bonds. The fourth-order valence-electron chi connectivity index (χ4n) is 1.86. The molecular formula is C15H17ClF3NO4. The van der Waals surface area contributed by atoms with Crippen molar-refractivity contribution in [3.05, 3.63) is 28.8 Å². The first-order chi connectivity index (χ1) is 10.9. The Bertz CT molecular complexity index is 632. The van der Waals surface area contributed by atoms with Gasteiger partial charge in [0.2, 0.25) is 5.91 Å². The van der Waals surface area contributed by atoms with Crippen molar-refractivity contribution in [1.82, 2.24) is 5.32 Å². The number of carboxylic acids is 1. The number of hydrogen-bond acceptors (Lipinski definition) is 3. The molecule has 2 N–H and O–H groups in total. The average Bonchev–Trinajstić information content (AvgIpc) is 2.42. The molecule has 0 aliphatic carbocycles. The Morgan fingerprint density at radius 2 is 1.92 bits per heavy atom. The van der Waals surface area contributed by atoms with Crippen molar-refractivity contribution in [2.75, 3.05) is 7.11 Å². The van der Waals surface area contributed by atoms with E-state index in [-0.39, 0.29) is 10.6 Å². The molecule has 0 bridgehead atoms. The van der Waals surface area contributed by atoms with Gasteiger partial charge in [-0.1, -0.05) is 31.5 Å². The van der Waals surface area contributed by atoms with E-state index in [1.165, 1.54) is 25.3 Å². The van der Waals surface area contributed by atoms with Crippen LogP contribution in [0, 0.1) is 5.41 Å². The minimum absolute atomic E-state index is 0.117. The maximum absolute atomic E-state index is 12.8. The highest BCUT2D eigenvalue weighted by molar-refractivity contribution is 6.32. The number of aliphatic carboxylic acids is 1. The standard InChI is InChI=1S/C15H17ClF3NO4/c1-14(2,15(17,18)19)7-11(21)20-12(13(22)23)8-4-5-10(24-3)9(16)6-8/h4-6,12H,7H2,1-3H3,(H,20,21)(H,22,23). The molecule has 0 saturated heterocycles. The van der Waals surface area contributed by atoms with Gasteiger partial charge in [0.05, 0.1) is 17.5 Å². The Morgan fingerprint density at radius 1 is 1.33 bits per heavy atom. The first kappa shape index (κ1) is 20.1. The monoisotopic (exact) mass is 367 g/mol. The van der Waals surface area contributed by atoms with Crippen molar-refractivity contribution in [2.24, 2.45) is 5.41 Å². The molecule has 0 fully saturated rings. The molecule has 0 heterocycles. The molecule has 5 nitrogen and oxygen atoms in total. The number of hydrogen-bond donors (Lipinski definition) is 2. The molecule has 0 aromatic heterocycles. The van der Waals surface area contributed by atoms with E-state index in [9.17, 15) is 27.9 Å². The lowest BCUT2D eigenvalue weighted by Crippen LogP contribution is -2.40. The van der Waals surface area contributed by atoms with Crippen molar-refractivity contribution < 1.29 is 32.6 Å². The molecule has 0 aliphatic rings. The number of alkyl halides is 3. The summed E-state index contributed by atoms with van der Waals surface area (Å²) in [6.07, 6.45) is -5.49. The molecule has 0 radical (unpaired) electrons. The first-order valence-corrected chi connectivity index (χ1v) is 7.19. The van der Waals surface area contributed by atoms with E-state index < -0.39 is 35.9 Å². The molecule has 0 spiro atoms. The highest BCUT2D eigenvalue weighted by Gasteiger charge is 2.48. The van der Waals surface area contributed by atoms with E-state index in [1.54, 1.807) is 0 Å². The minimum Gasteiger partial charge on any atom is -0.495 e. The molecule has 9 heteroatoms. The van der Waals surface area contributed by atoms with Crippen molar-refractivity contribution in [2.45, 2.75) is 32.5 Å². The molecule has 1 rings (SSSR count). The molecule has 24 heavy (non-hydrogen) atoms. The minimum atomic E-state index is -4.59. The van der Waals surface area contributed by atoms with Crippen LogP contribution in [0.1, 0.15) is 31.9 Å². The highest BCUT2D eigenvalue weighted by Crippen LogP contribution is 2.40. The van der Waals surface area contributed by atoms with Gasteiger partial charge in [0.25, 0.3) is 0 Å². The number of ether oxygens (including phenoxy) is 1. The molecule has 0 aliphatic heterocycles. The van der Waals surface area contributed by atoms with Gasteiger partial charge in [0, 0.05) is 6.42 Å². The zero-order valence-corrected chi connectivity index (χ0v) is 14.0. The second-order valence-electron chi connectivity index (χ2n) is 5.79. The third-order valence-corrected chi connectivity index (χ3v) is 3.73. The van der Waals surface area contributed by atoms with Gasteiger partial charge >= 0.3 is 12.1 Å². The smallest absolute Gasteiger partial charge is 0.394 e. The summed E-state index contributed by atoms with van der Waals surface area (Å²) in [7, 11) is 1.37. The third-order valence-electron chi connectivity index (χ3n) is 3.43. The van der Waals surface area contributed by atoms with E-state index in [1.807, 2.05) is 0 Å². The summed E-state index contributed by atoms with van der Waals surface area (Å²) >= 11 is 5.90. The van der Waals surface area contributed by atoms with Crippen LogP contribution in [0.3, 0.4) is 0 Å². The number of halogens is 4. The zero-order chi connectivity index (χ0) is 18.7. The van der Waals surface area contributed by atoms with Crippen molar-refractivity contribution in [3.63, 3.8) is 0 Å². The summed E-state index contributed by atoms with van der Waals surface area (Å²) in [6, 6.07) is 2.51. The highest BCUT2D eigenvalue weighted by atomic mass is 35.5. The lowest BCUT2D eigenvalue weighted by molar-refractivity contribution is -0.213. The lowest BCUT2D eigenvalue weighted by Gasteiger charge is -2.27. The Kier molecular flexibility index (Phi) is 6.10. The summed E-state index contributed by atoms with van der Waals surface area (Å²) in [5.41, 5.74) is -2.16. The van der Waals surface area contributed by atoms with Crippen LogP contribution in [0.15, 0.2) is 18.2 Å². The zero-order valence-electron chi connectivity index (χ0n) is 13.2. The number of rotatable bonds is 6. The molecular weight excluding hydrogens is 351 g/mol. The van der Waals surface area contributed by atoms with Crippen LogP contribution in [-0.4, -0.2) is 30.3 Å². The van der Waals surface area contributed by atoms with Gasteiger partial charge in [-0.3, -0.25) is 4.79 Å². The van der Waals surface area contributed by atoms with E-state index in [0.717, 1.165) is 13.8 Å². The van der Waals surface area contributed by atoms with E-state index in [4.69, 9.17) is 16.3 Å². The predicted molar refractivity (Wildman–Crippen MR) is 81.0 cm³/mol. The summed E-state index contributed by atoms with van der Waals surface area (Å²) in [5.74, 6) is -2.15. The number of amides is 1. The van der Waals surface area contributed by atoms with Crippen LogP contribution in [-0.2, 0) is 9.59 Å². The Morgan fingerprint density at radius 3 is 2.33 bits per heavy atom. The lowest BCUT2D eigenvalue weighted by atomic mass is 9.88. The molecule has 1 aromatic rings. The predicted octanol–water partition coefficient (Wildman–Crippen LogP) is 3.57. The maximum Gasteiger partial charge on any atom is 0.394 e. The molecule has 1 atom stereocenters. The van der Waals surface area contributed by atoms with Crippen molar-refractivity contribution in [3.8, 4) is 5.75 Å². The fourth-order valence-corrected chi connectivity index (χ4v) is 2.13. The van der Waals surface area contributed by atoms with Crippen LogP contribution in [0.4, 0.5) is 13.2 Å². The fraction of sp³-hybridized carbons (Fsp3) is 0.467. The molecule has 134 valence electrons. The largest absolute Gasteiger partial charge is 0.495 e. The van der Waals surface area contributed by atoms with Gasteiger partial charge in [0.1, 0.15) is 5.75 Å². The SMILES string of the molecule is COc1ccc(C(NC(=O)CC(C)(C)C(F)(F)F)C(=O)O)cc1Cl. The van der Waals surface area contributed by atoms with E-state index >= 15 is 0 Å². The van der Waals surface area contributed by atoms with Gasteiger partial charge in [0.15, 0.2) is 6.04 Å². The number of benzene rings is 1. The summed E-state index contributed by atoms with van der Waals surface area (Å²) in [4.78, 5) is 23.2. The number of carboxylic acid groups (broad SMARTS) is 1. The first-order valence-electron chi connectivity index (χ1n) is 6.81. The van der Waals surface area contributed by atoms with Gasteiger partial charge in [-0.05, 0) is 17.7 Å². The van der Waals surface area contributed by atoms with Crippen LogP contribution in [0.25, 0.3) is 0 Å². The van der Waals surface area contributed by atoms with Crippen LogP contribution in [0.5, 0.6) is 5.75 Å². The number of carbonyl (C=O) groups excluding carboxylic acids is 1. The van der Waals surface area contributed by atoms with Crippen LogP contribution >= 0.6 is 11.6 Å². The topological polar surface area (TPSA) is 75.6 Å². The number of carbonyl (C=O) groups is 2. The van der Waals surface area contributed by atoms with Crippen LogP contribution in [0.2, 0.25) is 5.02 Å². The Hall–Kier alpha value is -1.96. The average molecular weight is 368 g/mol. The molecule has 1 unspecified atom stereocenters. The van der Waals surface area contributed by atoms with Crippen LogP contribution < -0.4 is 10.1 Å². The van der Waals surface area contributed by atoms with Gasteiger partial charge in [-0.15, -0.1) is 0 Å². The van der Waals surface area contributed by atoms with Crippen molar-refractivity contribution in [1.29, 1.82) is 0 Å². The molecule has 1 aromatic carbocycles. The molecule has 0 saturated carbocycles. The van der Waals surface area contributed by atoms with E-state index in [2.05, 4.69) is 5.32 Å². The van der Waals surface area contributed by atoms with E-state index in [0.29, 0.717) is 5.75 Å². The number of nitrogens with one attached hydrogen (secondary N) is 1. The normalized spacial score (nSPS) is 13.3. The maximum atomic E-state index is 12.8. The second-order valence-corrected chi connectivity index (χ2v) is 6.20. The Balaban J connectivity index is 2.97. The summed E-state index contributed by atoms with van der Waals surface area (Å²) in [6.45, 7) is 1.74. The van der Waals surface area contributed by atoms with Gasteiger partial charge in [-0.25, -0.2) is 4.79 Å². The van der Waals surface area contributed by atoms with Gasteiger partial charge < -0.3 is 15.2 Å². The number of methoxy groups -OCH3 is 1. The summed E-state index contributed by atoms with van der Waals surface area (Å²) in [5, 5.41) is 11.4. The van der Waals surface area contributed by atoms with Crippen molar-refractivity contribution >= 4 is 23.5 Å².